The van der Waals surface area contributed by atoms with Gasteiger partial charge in [-0.2, -0.15) is 0 Å². The number of fused-ring (bicyclic) bond motifs is 6. The van der Waals surface area contributed by atoms with Crippen molar-refractivity contribution in [2.75, 3.05) is 0 Å². The molecule has 0 aliphatic carbocycles. The van der Waals surface area contributed by atoms with Crippen LogP contribution in [0.25, 0.3) is 55.0 Å². The van der Waals surface area contributed by atoms with Crippen LogP contribution < -0.4 is 5.32 Å². The minimum absolute atomic E-state index is 0.254. The lowest BCUT2D eigenvalue weighted by Crippen LogP contribution is -2.33. The first-order valence-corrected chi connectivity index (χ1v) is 14.7. The molecule has 8 aromatic rings. The molecular formula is C39H25N3O2. The van der Waals surface area contributed by atoms with E-state index in [2.05, 4.69) is 72.0 Å². The van der Waals surface area contributed by atoms with Crippen molar-refractivity contribution >= 4 is 55.5 Å². The number of amidine groups is 2. The number of hydrogen-bond acceptors (Lipinski definition) is 5. The highest BCUT2D eigenvalue weighted by molar-refractivity contribution is 6.15. The van der Waals surface area contributed by atoms with E-state index in [1.165, 1.54) is 0 Å². The number of hydrogen-bond donors (Lipinski definition) is 1. The smallest absolute Gasteiger partial charge is 0.159 e. The van der Waals surface area contributed by atoms with E-state index in [9.17, 15) is 0 Å². The van der Waals surface area contributed by atoms with E-state index in [-0.39, 0.29) is 6.17 Å². The van der Waals surface area contributed by atoms with Crippen molar-refractivity contribution in [1.82, 2.24) is 5.32 Å². The molecule has 1 aliphatic heterocycles. The minimum atomic E-state index is -0.254. The Hall–Kier alpha value is -5.94. The summed E-state index contributed by atoms with van der Waals surface area (Å²) in [5.41, 5.74) is 8.76. The molecule has 1 aliphatic rings. The Labute approximate surface area is 252 Å². The number of nitrogens with zero attached hydrogens (tertiary/aromatic N) is 2. The maximum atomic E-state index is 6.28. The summed E-state index contributed by atoms with van der Waals surface area (Å²) in [5, 5.41) is 7.92. The average Bonchev–Trinajstić information content (AvgIpc) is 3.66. The summed E-state index contributed by atoms with van der Waals surface area (Å²) in [4.78, 5) is 9.97. The highest BCUT2D eigenvalue weighted by atomic mass is 16.3. The third kappa shape index (κ3) is 4.09. The van der Waals surface area contributed by atoms with Gasteiger partial charge in [-0.05, 0) is 65.2 Å². The molecule has 5 nitrogen and oxygen atoms in total. The maximum Gasteiger partial charge on any atom is 0.159 e. The van der Waals surface area contributed by atoms with Crippen LogP contribution in [0.15, 0.2) is 158 Å². The third-order valence-electron chi connectivity index (χ3n) is 8.34. The molecule has 1 atom stereocenters. The third-order valence-corrected chi connectivity index (χ3v) is 8.34. The Kier molecular flexibility index (Phi) is 5.50. The van der Waals surface area contributed by atoms with Crippen LogP contribution in [0.2, 0.25) is 0 Å². The zero-order chi connectivity index (χ0) is 29.0. The Morgan fingerprint density at radius 1 is 0.455 bits per heavy atom. The monoisotopic (exact) mass is 567 g/mol. The minimum Gasteiger partial charge on any atom is -0.456 e. The first-order valence-electron chi connectivity index (χ1n) is 14.7. The molecule has 1 N–H and O–H groups in total. The topological polar surface area (TPSA) is 63.0 Å². The van der Waals surface area contributed by atoms with E-state index in [0.29, 0.717) is 5.84 Å². The van der Waals surface area contributed by atoms with Gasteiger partial charge in [0.15, 0.2) is 5.84 Å². The van der Waals surface area contributed by atoms with Crippen LogP contribution in [-0.4, -0.2) is 11.7 Å². The first-order chi connectivity index (χ1) is 21.8. The van der Waals surface area contributed by atoms with Crippen molar-refractivity contribution in [3.63, 3.8) is 0 Å². The van der Waals surface area contributed by atoms with E-state index in [1.54, 1.807) is 0 Å². The van der Waals surface area contributed by atoms with E-state index in [4.69, 9.17) is 18.8 Å². The molecule has 0 amide bonds. The van der Waals surface area contributed by atoms with Crippen molar-refractivity contribution in [2.24, 2.45) is 9.98 Å². The number of benzene rings is 6. The molecule has 0 bridgehead atoms. The van der Waals surface area contributed by atoms with Crippen LogP contribution >= 0.6 is 0 Å². The molecule has 44 heavy (non-hydrogen) atoms. The van der Waals surface area contributed by atoms with Gasteiger partial charge < -0.3 is 14.2 Å². The molecule has 0 spiro atoms. The van der Waals surface area contributed by atoms with Crippen molar-refractivity contribution in [2.45, 2.75) is 6.17 Å². The lowest BCUT2D eigenvalue weighted by molar-refractivity contribution is 0.668. The van der Waals surface area contributed by atoms with Crippen LogP contribution in [0.5, 0.6) is 0 Å². The van der Waals surface area contributed by atoms with Crippen molar-refractivity contribution in [3.05, 3.63) is 156 Å². The second-order valence-corrected chi connectivity index (χ2v) is 11.1. The predicted octanol–water partition coefficient (Wildman–Crippen LogP) is 9.65. The Morgan fingerprint density at radius 3 is 1.66 bits per heavy atom. The number of nitrogens with one attached hydrogen (secondary N) is 1. The van der Waals surface area contributed by atoms with Gasteiger partial charge in [-0.25, -0.2) is 9.98 Å². The van der Waals surface area contributed by atoms with Gasteiger partial charge in [0.05, 0.1) is 0 Å². The van der Waals surface area contributed by atoms with Gasteiger partial charge in [0, 0.05) is 32.7 Å². The van der Waals surface area contributed by atoms with Gasteiger partial charge in [-0.3, -0.25) is 0 Å². The normalized spacial score (nSPS) is 15.0. The summed E-state index contributed by atoms with van der Waals surface area (Å²) in [6.07, 6.45) is -0.254. The molecule has 5 heteroatoms. The largest absolute Gasteiger partial charge is 0.456 e. The molecule has 0 fully saturated rings. The number of para-hydroxylation sites is 1. The predicted molar refractivity (Wildman–Crippen MR) is 178 cm³/mol. The molecule has 0 radical (unpaired) electrons. The summed E-state index contributed by atoms with van der Waals surface area (Å²) >= 11 is 0. The number of aliphatic imine (C=N–C) groups is 2. The fourth-order valence-corrected chi connectivity index (χ4v) is 6.13. The molecule has 0 saturated carbocycles. The van der Waals surface area contributed by atoms with E-state index >= 15 is 0 Å². The quantitative estimate of drug-likeness (QED) is 0.230. The van der Waals surface area contributed by atoms with Gasteiger partial charge >= 0.3 is 0 Å². The summed E-state index contributed by atoms with van der Waals surface area (Å²) in [7, 11) is 0. The van der Waals surface area contributed by atoms with Gasteiger partial charge in [-0.15, -0.1) is 0 Å². The van der Waals surface area contributed by atoms with Crippen LogP contribution in [-0.2, 0) is 0 Å². The molecule has 9 rings (SSSR count). The Bertz CT molecular complexity index is 2420. The summed E-state index contributed by atoms with van der Waals surface area (Å²) in [6, 6.07) is 47.6. The second-order valence-electron chi connectivity index (χ2n) is 11.1. The molecular weight excluding hydrogens is 542 g/mol. The highest BCUT2D eigenvalue weighted by Crippen LogP contribution is 2.36. The van der Waals surface area contributed by atoms with E-state index in [0.717, 1.165) is 77.5 Å². The summed E-state index contributed by atoms with van der Waals surface area (Å²) < 4.78 is 12.3. The highest BCUT2D eigenvalue weighted by Gasteiger charge is 2.22. The van der Waals surface area contributed by atoms with Gasteiger partial charge in [-0.1, -0.05) is 91.0 Å². The van der Waals surface area contributed by atoms with Crippen LogP contribution in [0.4, 0.5) is 0 Å². The molecule has 0 saturated heterocycles. The lowest BCUT2D eigenvalue weighted by Gasteiger charge is -2.23. The zero-order valence-corrected chi connectivity index (χ0v) is 23.6. The molecule has 6 aromatic carbocycles. The van der Waals surface area contributed by atoms with Gasteiger partial charge in [0.2, 0.25) is 0 Å². The molecule has 3 heterocycles. The van der Waals surface area contributed by atoms with Crippen LogP contribution in [0.1, 0.15) is 22.9 Å². The Balaban J connectivity index is 1.15. The molecule has 208 valence electrons. The van der Waals surface area contributed by atoms with Crippen LogP contribution in [0.3, 0.4) is 0 Å². The van der Waals surface area contributed by atoms with Gasteiger partial charge in [0.1, 0.15) is 34.3 Å². The number of furan rings is 2. The summed E-state index contributed by atoms with van der Waals surface area (Å²) in [5.74, 6) is 1.48. The average molecular weight is 568 g/mol. The van der Waals surface area contributed by atoms with Crippen molar-refractivity contribution in [3.8, 4) is 11.1 Å². The van der Waals surface area contributed by atoms with E-state index in [1.807, 2.05) is 72.8 Å². The molecule has 1 unspecified atom stereocenters. The number of rotatable bonds is 4. The van der Waals surface area contributed by atoms with Gasteiger partial charge in [0.25, 0.3) is 0 Å². The second kappa shape index (κ2) is 9.82. The molecule has 2 aromatic heterocycles. The summed E-state index contributed by atoms with van der Waals surface area (Å²) in [6.45, 7) is 0. The van der Waals surface area contributed by atoms with Crippen LogP contribution in [0, 0.1) is 0 Å². The standard InChI is InChI=1S/C39H25N3O2/c1-3-9-24(10-4-1)37-40-38(25-11-5-2-6-12-25)42-39(41-37)28-17-20-36-32(23-28)31-22-27(16-19-35(31)44-36)26-15-18-34-30(21-26)29-13-7-8-14-33(29)43-34/h1-23,37H,(H,40,41,42). The first kappa shape index (κ1) is 24.6. The van der Waals surface area contributed by atoms with Crippen molar-refractivity contribution < 1.29 is 8.83 Å². The lowest BCUT2D eigenvalue weighted by atomic mass is 10.00. The van der Waals surface area contributed by atoms with Crippen molar-refractivity contribution in [1.29, 1.82) is 0 Å². The SMILES string of the molecule is c1ccc(C2=NC(c3ccccc3)NC(c3ccc4oc5ccc(-c6ccc7oc8ccccc8c7c6)cc5c4c3)=N2)cc1. The zero-order valence-electron chi connectivity index (χ0n) is 23.6. The fraction of sp³-hybridized carbons (Fsp3) is 0.0256. The van der Waals surface area contributed by atoms with E-state index < -0.39 is 0 Å². The maximum absolute atomic E-state index is 6.28. The Morgan fingerprint density at radius 2 is 0.977 bits per heavy atom. The fourth-order valence-electron chi connectivity index (χ4n) is 6.13.